The summed E-state index contributed by atoms with van der Waals surface area (Å²) >= 11 is 0. The summed E-state index contributed by atoms with van der Waals surface area (Å²) in [7, 11) is 0. The number of aromatic nitrogens is 3. The number of amides is 1. The first-order valence-corrected chi connectivity index (χ1v) is 6.51. The van der Waals surface area contributed by atoms with E-state index in [1.54, 1.807) is 11.8 Å². The molecule has 1 amide bonds. The molecule has 0 spiro atoms. The van der Waals surface area contributed by atoms with Crippen molar-refractivity contribution in [1.82, 2.24) is 19.7 Å². The fraction of sp³-hybridized carbons (Fsp3) is 0.667. The summed E-state index contributed by atoms with van der Waals surface area (Å²) in [4.78, 5) is 29.5. The Morgan fingerprint density at radius 1 is 1.42 bits per heavy atom. The number of ether oxygens (including phenoxy) is 1. The van der Waals surface area contributed by atoms with Crippen LogP contribution in [-0.2, 0) is 20.9 Å². The van der Waals surface area contributed by atoms with E-state index in [0.29, 0.717) is 19.6 Å². The van der Waals surface area contributed by atoms with Gasteiger partial charge >= 0.3 is 5.97 Å². The molecule has 104 valence electrons. The smallest absolute Gasteiger partial charge is 0.328 e. The molecule has 0 saturated carbocycles. The summed E-state index contributed by atoms with van der Waals surface area (Å²) in [5.74, 6) is -0.433. The van der Waals surface area contributed by atoms with Crippen LogP contribution in [-0.4, -0.2) is 50.7 Å². The van der Waals surface area contributed by atoms with E-state index in [2.05, 4.69) is 10.1 Å². The molecule has 1 aromatic rings. The van der Waals surface area contributed by atoms with Gasteiger partial charge < -0.3 is 9.64 Å². The molecule has 1 atom stereocenters. The molecule has 1 fully saturated rings. The molecule has 1 unspecified atom stereocenters. The van der Waals surface area contributed by atoms with Gasteiger partial charge in [-0.25, -0.2) is 14.5 Å². The molecule has 1 saturated heterocycles. The zero-order valence-corrected chi connectivity index (χ0v) is 11.0. The number of hydrogen-bond acceptors (Lipinski definition) is 5. The van der Waals surface area contributed by atoms with Crippen molar-refractivity contribution in [2.45, 2.75) is 38.8 Å². The molecule has 7 heteroatoms. The lowest BCUT2D eigenvalue weighted by molar-refractivity contribution is -0.156. The van der Waals surface area contributed by atoms with Crippen molar-refractivity contribution in [3.8, 4) is 0 Å². The van der Waals surface area contributed by atoms with Gasteiger partial charge in [0.25, 0.3) is 0 Å². The number of esters is 1. The van der Waals surface area contributed by atoms with Crippen molar-refractivity contribution in [1.29, 1.82) is 0 Å². The van der Waals surface area contributed by atoms with Crippen LogP contribution in [0, 0.1) is 0 Å². The van der Waals surface area contributed by atoms with E-state index < -0.39 is 6.04 Å². The second-order valence-corrected chi connectivity index (χ2v) is 4.44. The zero-order chi connectivity index (χ0) is 13.7. The Bertz CT molecular complexity index is 432. The average Bonchev–Trinajstić information content (AvgIpc) is 2.92. The summed E-state index contributed by atoms with van der Waals surface area (Å²) in [6, 6.07) is -0.454. The van der Waals surface area contributed by atoms with Gasteiger partial charge in [-0.05, 0) is 26.2 Å². The highest BCUT2D eigenvalue weighted by Crippen LogP contribution is 2.18. The van der Waals surface area contributed by atoms with Gasteiger partial charge in [0.1, 0.15) is 25.2 Å². The third-order valence-electron chi connectivity index (χ3n) is 3.15. The summed E-state index contributed by atoms with van der Waals surface area (Å²) in [6.45, 7) is 2.80. The molecule has 1 aliphatic heterocycles. The number of carbonyl (C=O) groups is 2. The van der Waals surface area contributed by atoms with E-state index in [0.717, 1.165) is 12.8 Å². The SMILES string of the molecule is CCOC(=O)C1CCCCN1C(=O)Cn1cncn1. The number of hydrogen-bond donors (Lipinski definition) is 0. The van der Waals surface area contributed by atoms with Gasteiger partial charge in [-0.15, -0.1) is 0 Å². The Morgan fingerprint density at radius 2 is 2.26 bits per heavy atom. The van der Waals surface area contributed by atoms with Crippen molar-refractivity contribution in [2.75, 3.05) is 13.2 Å². The molecule has 0 radical (unpaired) electrons. The molecule has 0 aliphatic carbocycles. The van der Waals surface area contributed by atoms with E-state index in [4.69, 9.17) is 4.74 Å². The third kappa shape index (κ3) is 3.30. The molecular weight excluding hydrogens is 248 g/mol. The summed E-state index contributed by atoms with van der Waals surface area (Å²) < 4.78 is 6.49. The van der Waals surface area contributed by atoms with Gasteiger partial charge in [-0.3, -0.25) is 4.79 Å². The monoisotopic (exact) mass is 266 g/mol. The normalized spacial score (nSPS) is 19.2. The second-order valence-electron chi connectivity index (χ2n) is 4.44. The van der Waals surface area contributed by atoms with Gasteiger partial charge in [-0.1, -0.05) is 0 Å². The van der Waals surface area contributed by atoms with Crippen molar-refractivity contribution in [3.63, 3.8) is 0 Å². The molecule has 2 heterocycles. The first kappa shape index (κ1) is 13.5. The maximum atomic E-state index is 12.2. The van der Waals surface area contributed by atoms with E-state index in [9.17, 15) is 9.59 Å². The molecule has 0 bridgehead atoms. The predicted octanol–water partition coefficient (Wildman–Crippen LogP) is 0.222. The maximum absolute atomic E-state index is 12.2. The second kappa shape index (κ2) is 6.31. The molecular formula is C12H18N4O3. The largest absolute Gasteiger partial charge is 0.464 e. The average molecular weight is 266 g/mol. The highest BCUT2D eigenvalue weighted by Gasteiger charge is 2.33. The lowest BCUT2D eigenvalue weighted by Gasteiger charge is -2.33. The van der Waals surface area contributed by atoms with E-state index in [1.807, 2.05) is 0 Å². The van der Waals surface area contributed by atoms with Crippen LogP contribution >= 0.6 is 0 Å². The van der Waals surface area contributed by atoms with Gasteiger partial charge in [0.15, 0.2) is 0 Å². The molecule has 7 nitrogen and oxygen atoms in total. The van der Waals surface area contributed by atoms with Gasteiger partial charge in [0.05, 0.1) is 6.61 Å². The number of likely N-dealkylation sites (tertiary alicyclic amines) is 1. The topological polar surface area (TPSA) is 77.3 Å². The molecule has 1 aliphatic rings. The highest BCUT2D eigenvalue weighted by atomic mass is 16.5. The Balaban J connectivity index is 2.02. The summed E-state index contributed by atoms with van der Waals surface area (Å²) in [5.41, 5.74) is 0. The molecule has 0 N–H and O–H groups in total. The maximum Gasteiger partial charge on any atom is 0.328 e. The predicted molar refractivity (Wildman–Crippen MR) is 66.0 cm³/mol. The standard InChI is InChI=1S/C12H18N4O3/c1-2-19-12(18)10-5-3-4-6-16(10)11(17)7-15-9-13-8-14-15/h8-10H,2-7H2,1H3. The van der Waals surface area contributed by atoms with E-state index in [-0.39, 0.29) is 18.4 Å². The van der Waals surface area contributed by atoms with Crippen LogP contribution in [0.4, 0.5) is 0 Å². The van der Waals surface area contributed by atoms with Crippen LogP contribution in [0.2, 0.25) is 0 Å². The van der Waals surface area contributed by atoms with Crippen molar-refractivity contribution in [2.24, 2.45) is 0 Å². The Kier molecular flexibility index (Phi) is 4.48. The van der Waals surface area contributed by atoms with Crippen LogP contribution in [0.15, 0.2) is 12.7 Å². The van der Waals surface area contributed by atoms with Crippen molar-refractivity contribution in [3.05, 3.63) is 12.7 Å². The number of nitrogens with zero attached hydrogens (tertiary/aromatic N) is 4. The lowest BCUT2D eigenvalue weighted by Crippen LogP contribution is -2.49. The fourth-order valence-electron chi connectivity index (χ4n) is 2.26. The van der Waals surface area contributed by atoms with E-state index >= 15 is 0 Å². The fourth-order valence-corrected chi connectivity index (χ4v) is 2.26. The minimum atomic E-state index is -0.454. The number of piperidine rings is 1. The molecule has 2 rings (SSSR count). The Hall–Kier alpha value is -1.92. The minimum Gasteiger partial charge on any atom is -0.464 e. The van der Waals surface area contributed by atoms with Crippen LogP contribution < -0.4 is 0 Å². The molecule has 0 aromatic carbocycles. The third-order valence-corrected chi connectivity index (χ3v) is 3.15. The number of carbonyl (C=O) groups excluding carboxylic acids is 2. The minimum absolute atomic E-state index is 0.107. The van der Waals surface area contributed by atoms with E-state index in [1.165, 1.54) is 17.3 Å². The quantitative estimate of drug-likeness (QED) is 0.729. The summed E-state index contributed by atoms with van der Waals surface area (Å²) in [6.07, 6.45) is 5.39. The molecule has 19 heavy (non-hydrogen) atoms. The Labute approximate surface area is 111 Å². The Morgan fingerprint density at radius 3 is 2.95 bits per heavy atom. The summed E-state index contributed by atoms with van der Waals surface area (Å²) in [5, 5.41) is 3.90. The first-order valence-electron chi connectivity index (χ1n) is 6.51. The molecule has 1 aromatic heterocycles. The van der Waals surface area contributed by atoms with Crippen LogP contribution in [0.3, 0.4) is 0 Å². The first-order chi connectivity index (χ1) is 9.22. The highest BCUT2D eigenvalue weighted by molar-refractivity contribution is 5.84. The number of rotatable bonds is 4. The van der Waals surface area contributed by atoms with Crippen LogP contribution in [0.1, 0.15) is 26.2 Å². The van der Waals surface area contributed by atoms with Crippen LogP contribution in [0.5, 0.6) is 0 Å². The van der Waals surface area contributed by atoms with Crippen molar-refractivity contribution >= 4 is 11.9 Å². The lowest BCUT2D eigenvalue weighted by atomic mass is 10.0. The zero-order valence-electron chi connectivity index (χ0n) is 11.0. The van der Waals surface area contributed by atoms with Crippen molar-refractivity contribution < 1.29 is 14.3 Å². The van der Waals surface area contributed by atoms with Gasteiger partial charge in [-0.2, -0.15) is 5.10 Å². The van der Waals surface area contributed by atoms with Crippen LogP contribution in [0.25, 0.3) is 0 Å². The van der Waals surface area contributed by atoms with Gasteiger partial charge in [0.2, 0.25) is 5.91 Å². The van der Waals surface area contributed by atoms with Gasteiger partial charge in [0, 0.05) is 6.54 Å².